The first-order valence-electron chi connectivity index (χ1n) is 9.32. The summed E-state index contributed by atoms with van der Waals surface area (Å²) in [7, 11) is -2.65. The number of hydrogen-bond acceptors (Lipinski definition) is 7. The van der Waals surface area contributed by atoms with E-state index in [0.717, 1.165) is 12.1 Å². The molecule has 0 saturated carbocycles. The Hall–Kier alpha value is -4.45. The van der Waals surface area contributed by atoms with Crippen molar-refractivity contribution >= 4 is 33.2 Å². The summed E-state index contributed by atoms with van der Waals surface area (Å²) < 4.78 is 33.0. The molecule has 0 bridgehead atoms. The molecule has 33 heavy (non-hydrogen) atoms. The van der Waals surface area contributed by atoms with Crippen LogP contribution >= 0.6 is 0 Å². The second kappa shape index (κ2) is 9.78. The number of anilines is 1. The lowest BCUT2D eigenvalue weighted by molar-refractivity contribution is -0.384. The number of benzene rings is 3. The SMILES string of the molecule is COc1ccccc1NS(=O)(=O)c1cccc(C(=O)NNC(=O)c2cccc([N+](=O)[O-])c2)c1. The van der Waals surface area contributed by atoms with Gasteiger partial charge in [0, 0.05) is 23.3 Å². The van der Waals surface area contributed by atoms with E-state index in [1.807, 2.05) is 0 Å². The third kappa shape index (κ3) is 5.62. The Labute approximate surface area is 188 Å². The van der Waals surface area contributed by atoms with E-state index in [1.165, 1.54) is 49.6 Å². The highest BCUT2D eigenvalue weighted by atomic mass is 32.2. The van der Waals surface area contributed by atoms with E-state index >= 15 is 0 Å². The van der Waals surface area contributed by atoms with Crippen LogP contribution in [-0.4, -0.2) is 32.3 Å². The highest BCUT2D eigenvalue weighted by molar-refractivity contribution is 7.92. The molecule has 0 spiro atoms. The van der Waals surface area contributed by atoms with Crippen LogP contribution in [0.2, 0.25) is 0 Å². The number of carbonyl (C=O) groups excluding carboxylic acids is 2. The van der Waals surface area contributed by atoms with Crippen molar-refractivity contribution in [2.75, 3.05) is 11.8 Å². The number of nitrogens with zero attached hydrogens (tertiary/aromatic N) is 1. The molecule has 3 N–H and O–H groups in total. The summed E-state index contributed by atoms with van der Waals surface area (Å²) in [6, 6.07) is 16.5. The van der Waals surface area contributed by atoms with Gasteiger partial charge in [0.25, 0.3) is 27.5 Å². The molecule has 3 aromatic rings. The Morgan fingerprint density at radius 3 is 2.12 bits per heavy atom. The van der Waals surface area contributed by atoms with Crippen molar-refractivity contribution in [3.63, 3.8) is 0 Å². The number of nitrogens with one attached hydrogen (secondary N) is 3. The quantitative estimate of drug-likeness (QED) is 0.354. The molecular weight excluding hydrogens is 452 g/mol. The Morgan fingerprint density at radius 1 is 0.879 bits per heavy atom. The van der Waals surface area contributed by atoms with Crippen molar-refractivity contribution in [3.8, 4) is 5.75 Å². The molecule has 0 unspecified atom stereocenters. The first-order chi connectivity index (χ1) is 15.7. The van der Waals surface area contributed by atoms with Crippen LogP contribution in [0.4, 0.5) is 11.4 Å². The predicted molar refractivity (Wildman–Crippen MR) is 118 cm³/mol. The Kier molecular flexibility index (Phi) is 6.88. The minimum atomic E-state index is -4.05. The number of para-hydroxylation sites is 2. The van der Waals surface area contributed by atoms with Gasteiger partial charge in [-0.3, -0.25) is 35.3 Å². The summed E-state index contributed by atoms with van der Waals surface area (Å²) >= 11 is 0. The Bertz CT molecular complexity index is 1330. The van der Waals surface area contributed by atoms with E-state index in [1.54, 1.807) is 18.2 Å². The average Bonchev–Trinajstić information content (AvgIpc) is 2.82. The van der Waals surface area contributed by atoms with Crippen LogP contribution in [0.3, 0.4) is 0 Å². The molecule has 11 nitrogen and oxygen atoms in total. The number of hydrogen-bond donors (Lipinski definition) is 3. The predicted octanol–water partition coefficient (Wildman–Crippen LogP) is 2.48. The van der Waals surface area contributed by atoms with E-state index in [9.17, 15) is 28.1 Å². The van der Waals surface area contributed by atoms with Gasteiger partial charge in [-0.1, -0.05) is 24.3 Å². The van der Waals surface area contributed by atoms with Crippen LogP contribution in [-0.2, 0) is 10.0 Å². The van der Waals surface area contributed by atoms with Gasteiger partial charge in [0.2, 0.25) is 0 Å². The minimum absolute atomic E-state index is 0.0400. The van der Waals surface area contributed by atoms with Gasteiger partial charge in [0.05, 0.1) is 22.6 Å². The molecule has 0 atom stereocenters. The van der Waals surface area contributed by atoms with Crippen molar-refractivity contribution < 1.29 is 27.7 Å². The maximum atomic E-state index is 12.8. The summed E-state index contributed by atoms with van der Waals surface area (Å²) in [6.07, 6.45) is 0. The standard InChI is InChI=1S/C21H18N4O7S/c1-32-19-11-3-2-10-18(19)24-33(30,31)17-9-5-7-15(13-17)21(27)23-22-20(26)14-6-4-8-16(12-14)25(28)29/h2-13,24H,1H3,(H,22,26)(H,23,27). The van der Waals surface area contributed by atoms with E-state index < -0.39 is 26.8 Å². The molecule has 12 heteroatoms. The number of methoxy groups -OCH3 is 1. The number of carbonyl (C=O) groups is 2. The smallest absolute Gasteiger partial charge is 0.270 e. The molecule has 0 aliphatic rings. The molecule has 0 saturated heterocycles. The molecule has 0 aliphatic carbocycles. The zero-order valence-electron chi connectivity index (χ0n) is 17.1. The van der Waals surface area contributed by atoms with Crippen LogP contribution in [0.5, 0.6) is 5.75 Å². The van der Waals surface area contributed by atoms with Crippen molar-refractivity contribution in [1.82, 2.24) is 10.9 Å². The van der Waals surface area contributed by atoms with Crippen LogP contribution in [0.1, 0.15) is 20.7 Å². The van der Waals surface area contributed by atoms with Crippen LogP contribution in [0.25, 0.3) is 0 Å². The number of nitro groups is 1. The molecule has 0 aromatic heterocycles. The number of non-ortho nitro benzene ring substituents is 1. The summed E-state index contributed by atoms with van der Waals surface area (Å²) in [5.74, 6) is -1.25. The molecule has 2 amide bonds. The largest absolute Gasteiger partial charge is 0.495 e. The van der Waals surface area contributed by atoms with Gasteiger partial charge in [-0.15, -0.1) is 0 Å². The minimum Gasteiger partial charge on any atom is -0.495 e. The van der Waals surface area contributed by atoms with Crippen LogP contribution < -0.4 is 20.3 Å². The van der Waals surface area contributed by atoms with Crippen molar-refractivity contribution in [1.29, 1.82) is 0 Å². The molecule has 3 aromatic carbocycles. The topological polar surface area (TPSA) is 157 Å². The van der Waals surface area contributed by atoms with Crippen molar-refractivity contribution in [3.05, 3.63) is 94.0 Å². The summed E-state index contributed by atoms with van der Waals surface area (Å²) in [6.45, 7) is 0. The average molecular weight is 470 g/mol. The van der Waals surface area contributed by atoms with Gasteiger partial charge in [-0.2, -0.15) is 0 Å². The van der Waals surface area contributed by atoms with Crippen LogP contribution in [0.15, 0.2) is 77.7 Å². The molecule has 3 rings (SSSR count). The first-order valence-corrected chi connectivity index (χ1v) is 10.8. The van der Waals surface area contributed by atoms with Gasteiger partial charge >= 0.3 is 0 Å². The second-order valence-corrected chi connectivity index (χ2v) is 8.23. The Balaban J connectivity index is 1.72. The number of amides is 2. The third-order valence-corrected chi connectivity index (χ3v) is 5.73. The van der Waals surface area contributed by atoms with E-state index in [4.69, 9.17) is 4.74 Å². The number of ether oxygens (including phenoxy) is 1. The number of nitro benzene ring substituents is 1. The van der Waals surface area contributed by atoms with Gasteiger partial charge in [-0.05, 0) is 36.4 Å². The summed E-state index contributed by atoms with van der Waals surface area (Å²) in [4.78, 5) is 34.6. The van der Waals surface area contributed by atoms with E-state index in [-0.39, 0.29) is 27.4 Å². The molecule has 170 valence electrons. The van der Waals surface area contributed by atoms with Gasteiger partial charge in [0.1, 0.15) is 5.75 Å². The lowest BCUT2D eigenvalue weighted by Crippen LogP contribution is -2.41. The highest BCUT2D eigenvalue weighted by Gasteiger charge is 2.19. The van der Waals surface area contributed by atoms with Crippen molar-refractivity contribution in [2.45, 2.75) is 4.90 Å². The number of hydrazine groups is 1. The van der Waals surface area contributed by atoms with Crippen molar-refractivity contribution in [2.24, 2.45) is 0 Å². The summed E-state index contributed by atoms with van der Waals surface area (Å²) in [5.41, 5.74) is 4.14. The molecule has 0 aliphatic heterocycles. The maximum absolute atomic E-state index is 12.8. The molecule has 0 radical (unpaired) electrons. The number of sulfonamides is 1. The lowest BCUT2D eigenvalue weighted by Gasteiger charge is -2.12. The Morgan fingerprint density at radius 2 is 1.48 bits per heavy atom. The fourth-order valence-electron chi connectivity index (χ4n) is 2.76. The van der Waals surface area contributed by atoms with Gasteiger partial charge in [0.15, 0.2) is 0 Å². The highest BCUT2D eigenvalue weighted by Crippen LogP contribution is 2.26. The third-order valence-electron chi connectivity index (χ3n) is 4.37. The van der Waals surface area contributed by atoms with E-state index in [2.05, 4.69) is 15.6 Å². The first kappa shape index (κ1) is 23.2. The fourth-order valence-corrected chi connectivity index (χ4v) is 3.87. The van der Waals surface area contributed by atoms with Gasteiger partial charge < -0.3 is 4.74 Å². The van der Waals surface area contributed by atoms with Crippen LogP contribution in [0, 0.1) is 10.1 Å². The summed E-state index contributed by atoms with van der Waals surface area (Å²) in [5, 5.41) is 10.8. The zero-order valence-corrected chi connectivity index (χ0v) is 18.0. The zero-order chi connectivity index (χ0) is 24.0. The normalized spacial score (nSPS) is 10.7. The molecule has 0 heterocycles. The van der Waals surface area contributed by atoms with E-state index in [0.29, 0.717) is 5.75 Å². The monoisotopic (exact) mass is 470 g/mol. The van der Waals surface area contributed by atoms with Gasteiger partial charge in [-0.25, -0.2) is 8.42 Å². The fraction of sp³-hybridized carbons (Fsp3) is 0.0476. The molecule has 0 fully saturated rings. The molecular formula is C21H18N4O7S. The second-order valence-electron chi connectivity index (χ2n) is 6.55. The maximum Gasteiger partial charge on any atom is 0.270 e. The number of rotatable bonds is 7. The lowest BCUT2D eigenvalue weighted by atomic mass is 10.2.